The van der Waals surface area contributed by atoms with Crippen molar-refractivity contribution in [2.45, 2.75) is 71.0 Å². The van der Waals surface area contributed by atoms with Crippen LogP contribution in [0.25, 0.3) is 0 Å². The van der Waals surface area contributed by atoms with E-state index in [1.807, 2.05) is 62.4 Å². The van der Waals surface area contributed by atoms with Crippen LogP contribution in [0.2, 0.25) is 0 Å². The van der Waals surface area contributed by atoms with Gasteiger partial charge in [-0.1, -0.05) is 79.9 Å². The first-order valence-electron chi connectivity index (χ1n) is 10.8. The van der Waals surface area contributed by atoms with Gasteiger partial charge in [-0.15, -0.1) is 0 Å². The van der Waals surface area contributed by atoms with Gasteiger partial charge in [-0.25, -0.2) is 0 Å². The lowest BCUT2D eigenvalue weighted by molar-refractivity contribution is -0.141. The number of aryl methyl sites for hydroxylation is 1. The molecule has 2 aromatic carbocycles. The Bertz CT molecular complexity index is 813. The van der Waals surface area contributed by atoms with Crippen molar-refractivity contribution in [2.24, 2.45) is 0 Å². The minimum atomic E-state index is -0.508. The van der Waals surface area contributed by atoms with Crippen LogP contribution in [0.3, 0.4) is 0 Å². The fourth-order valence-corrected chi connectivity index (χ4v) is 4.13. The summed E-state index contributed by atoms with van der Waals surface area (Å²) < 4.78 is 0. The Kier molecular flexibility index (Phi) is 7.45. The van der Waals surface area contributed by atoms with Crippen LogP contribution in [0.4, 0.5) is 0 Å². The number of rotatable bonds is 8. The van der Waals surface area contributed by atoms with Crippen molar-refractivity contribution in [3.8, 4) is 0 Å². The number of nitrogens with one attached hydrogen (secondary N) is 1. The van der Waals surface area contributed by atoms with Gasteiger partial charge in [0.2, 0.25) is 11.8 Å². The summed E-state index contributed by atoms with van der Waals surface area (Å²) in [5.74, 6) is -0.0239. The van der Waals surface area contributed by atoms with E-state index < -0.39 is 6.04 Å². The topological polar surface area (TPSA) is 49.4 Å². The van der Waals surface area contributed by atoms with Gasteiger partial charge in [-0.05, 0) is 30.9 Å². The van der Waals surface area contributed by atoms with E-state index in [0.29, 0.717) is 19.4 Å². The van der Waals surface area contributed by atoms with E-state index in [0.717, 1.165) is 42.4 Å². The number of hydrogen-bond donors (Lipinski definition) is 1. The van der Waals surface area contributed by atoms with E-state index in [2.05, 4.69) is 11.4 Å². The molecule has 3 rings (SSSR count). The highest BCUT2D eigenvalue weighted by molar-refractivity contribution is 5.88. The minimum absolute atomic E-state index is 0.00834. The Hall–Kier alpha value is -2.62. The predicted molar refractivity (Wildman–Crippen MR) is 116 cm³/mol. The summed E-state index contributed by atoms with van der Waals surface area (Å²) in [5.41, 5.74) is 3.28. The highest BCUT2D eigenvalue weighted by atomic mass is 16.2. The normalized spacial score (nSPS) is 15.1. The van der Waals surface area contributed by atoms with Crippen LogP contribution in [-0.4, -0.2) is 28.8 Å². The smallest absolute Gasteiger partial charge is 0.243 e. The highest BCUT2D eigenvalue weighted by Crippen LogP contribution is 2.20. The van der Waals surface area contributed by atoms with Gasteiger partial charge in [0.25, 0.3) is 0 Å². The summed E-state index contributed by atoms with van der Waals surface area (Å²) in [6.45, 7) is 4.35. The van der Waals surface area contributed by atoms with Crippen LogP contribution >= 0.6 is 0 Å². The third-order valence-corrected chi connectivity index (χ3v) is 5.71. The molecule has 0 heterocycles. The Balaban J connectivity index is 1.87. The first-order valence-corrected chi connectivity index (χ1v) is 10.8. The van der Waals surface area contributed by atoms with Gasteiger partial charge in [-0.3, -0.25) is 9.59 Å². The molecule has 0 radical (unpaired) electrons. The van der Waals surface area contributed by atoms with Gasteiger partial charge in [-0.2, -0.15) is 0 Å². The van der Waals surface area contributed by atoms with Crippen LogP contribution in [-0.2, 0) is 22.6 Å². The van der Waals surface area contributed by atoms with E-state index in [9.17, 15) is 9.59 Å². The zero-order valence-electron chi connectivity index (χ0n) is 17.6. The quantitative estimate of drug-likeness (QED) is 0.724. The summed E-state index contributed by atoms with van der Waals surface area (Å²) in [6.07, 6.45) is 5.29. The van der Waals surface area contributed by atoms with E-state index in [-0.39, 0.29) is 17.9 Å². The fourth-order valence-electron chi connectivity index (χ4n) is 4.13. The maximum absolute atomic E-state index is 13.3. The van der Waals surface area contributed by atoms with E-state index in [1.165, 1.54) is 0 Å². The second-order valence-corrected chi connectivity index (χ2v) is 8.06. The molecule has 0 aliphatic heterocycles. The molecule has 2 amide bonds. The van der Waals surface area contributed by atoms with E-state index in [1.54, 1.807) is 4.90 Å². The van der Waals surface area contributed by atoms with Crippen molar-refractivity contribution in [1.82, 2.24) is 10.2 Å². The summed E-state index contributed by atoms with van der Waals surface area (Å²) in [4.78, 5) is 28.0. The molecule has 1 saturated carbocycles. The number of nitrogens with zero attached hydrogens (tertiary/aromatic N) is 1. The third-order valence-electron chi connectivity index (χ3n) is 5.71. The van der Waals surface area contributed by atoms with Gasteiger partial charge in [0.15, 0.2) is 0 Å². The Morgan fingerprint density at radius 3 is 2.38 bits per heavy atom. The van der Waals surface area contributed by atoms with Crippen molar-refractivity contribution in [2.75, 3.05) is 0 Å². The van der Waals surface area contributed by atoms with Crippen LogP contribution in [0.15, 0.2) is 54.6 Å². The van der Waals surface area contributed by atoms with Crippen molar-refractivity contribution in [1.29, 1.82) is 0 Å². The van der Waals surface area contributed by atoms with Crippen LogP contribution < -0.4 is 5.32 Å². The van der Waals surface area contributed by atoms with Crippen molar-refractivity contribution >= 4 is 11.8 Å². The lowest BCUT2D eigenvalue weighted by Crippen LogP contribution is -2.52. The minimum Gasteiger partial charge on any atom is -0.352 e. The monoisotopic (exact) mass is 392 g/mol. The van der Waals surface area contributed by atoms with E-state index in [4.69, 9.17) is 0 Å². The largest absolute Gasteiger partial charge is 0.352 e. The van der Waals surface area contributed by atoms with E-state index >= 15 is 0 Å². The maximum Gasteiger partial charge on any atom is 0.243 e. The summed E-state index contributed by atoms with van der Waals surface area (Å²) in [7, 11) is 0. The van der Waals surface area contributed by atoms with Crippen LogP contribution in [0, 0.1) is 6.92 Å². The first-order chi connectivity index (χ1) is 14.1. The average Bonchev–Trinajstić information content (AvgIpc) is 3.24. The second-order valence-electron chi connectivity index (χ2n) is 8.06. The molecule has 0 spiro atoms. The first kappa shape index (κ1) is 21.1. The zero-order valence-corrected chi connectivity index (χ0v) is 17.6. The molecule has 0 bridgehead atoms. The average molecular weight is 393 g/mol. The zero-order chi connectivity index (χ0) is 20.6. The maximum atomic E-state index is 13.3. The van der Waals surface area contributed by atoms with Crippen molar-refractivity contribution in [3.63, 3.8) is 0 Å². The van der Waals surface area contributed by atoms with Gasteiger partial charge in [0.05, 0.1) is 0 Å². The fraction of sp³-hybridized carbons (Fsp3) is 0.440. The summed E-state index contributed by atoms with van der Waals surface area (Å²) in [5, 5.41) is 3.22. The molecule has 1 N–H and O–H groups in total. The third kappa shape index (κ3) is 5.93. The lowest BCUT2D eigenvalue weighted by Gasteiger charge is -2.32. The number of carbonyl (C=O) groups is 2. The molecule has 2 aromatic rings. The molecule has 4 nitrogen and oxygen atoms in total. The number of benzene rings is 2. The lowest BCUT2D eigenvalue weighted by atomic mass is 10.0. The molecule has 1 aliphatic carbocycles. The number of amides is 2. The molecule has 1 atom stereocenters. The van der Waals surface area contributed by atoms with Gasteiger partial charge < -0.3 is 10.2 Å². The molecule has 4 heteroatoms. The Labute approximate surface area is 174 Å². The molecular formula is C25H32N2O2. The molecule has 29 heavy (non-hydrogen) atoms. The van der Waals surface area contributed by atoms with Gasteiger partial charge >= 0.3 is 0 Å². The molecule has 154 valence electrons. The molecule has 0 saturated heterocycles. The number of hydrogen-bond acceptors (Lipinski definition) is 2. The molecule has 1 aliphatic rings. The molecular weight excluding hydrogens is 360 g/mol. The van der Waals surface area contributed by atoms with Gasteiger partial charge in [0, 0.05) is 25.4 Å². The van der Waals surface area contributed by atoms with Crippen LogP contribution in [0.5, 0.6) is 0 Å². The summed E-state index contributed by atoms with van der Waals surface area (Å²) >= 11 is 0. The number of carbonyl (C=O) groups excluding carboxylic acids is 2. The Morgan fingerprint density at radius 2 is 1.72 bits per heavy atom. The van der Waals surface area contributed by atoms with Crippen molar-refractivity contribution in [3.05, 3.63) is 71.3 Å². The summed E-state index contributed by atoms with van der Waals surface area (Å²) in [6, 6.07) is 17.9. The predicted octanol–water partition coefficient (Wildman–Crippen LogP) is 4.40. The highest BCUT2D eigenvalue weighted by Gasteiger charge is 2.31. The Morgan fingerprint density at radius 1 is 1.03 bits per heavy atom. The molecule has 1 fully saturated rings. The van der Waals surface area contributed by atoms with Gasteiger partial charge in [0.1, 0.15) is 6.04 Å². The molecule has 0 aromatic heterocycles. The van der Waals surface area contributed by atoms with Crippen molar-refractivity contribution < 1.29 is 9.59 Å². The second kappa shape index (κ2) is 10.2. The molecule has 0 unspecified atom stereocenters. The van der Waals surface area contributed by atoms with Crippen LogP contribution in [0.1, 0.15) is 55.7 Å². The standard InChI is InChI=1S/C25H32N2O2/c1-3-24(28)27(18-21-13-9-10-19(2)16-21)23(17-20-11-5-4-6-12-20)25(29)26-22-14-7-8-15-22/h4-6,9-13,16,22-23H,3,7-8,14-15,17-18H2,1-2H3,(H,26,29)/t23-/m1/s1. The SMILES string of the molecule is CCC(=O)N(Cc1cccc(C)c1)[C@H](Cc1ccccc1)C(=O)NC1CCCC1.